The molecule has 0 bridgehead atoms. The second-order valence-corrected chi connectivity index (χ2v) is 5.22. The number of Topliss-reactive ketones (excluding diaryl/α,β-unsaturated/α-hetero) is 1. The Labute approximate surface area is 112 Å². The number of carbonyl (C=O) groups is 1. The van der Waals surface area contributed by atoms with Gasteiger partial charge in [0.25, 0.3) is 0 Å². The van der Waals surface area contributed by atoms with Crippen LogP contribution in [0.25, 0.3) is 0 Å². The number of carbonyl (C=O) groups excluding carboxylic acids is 1. The molecule has 1 aromatic carbocycles. The van der Waals surface area contributed by atoms with Crippen molar-refractivity contribution in [2.75, 3.05) is 0 Å². The van der Waals surface area contributed by atoms with Crippen molar-refractivity contribution in [2.24, 2.45) is 5.92 Å². The zero-order valence-electron chi connectivity index (χ0n) is 12.0. The number of rotatable bonds is 8. The molecule has 1 nitrogen and oxygen atoms in total. The first-order chi connectivity index (χ1) is 8.69. The average Bonchev–Trinajstić information content (AvgIpc) is 2.43. The molecule has 0 radical (unpaired) electrons. The van der Waals surface area contributed by atoms with Crippen molar-refractivity contribution in [3.05, 3.63) is 35.9 Å². The Hall–Kier alpha value is -1.11. The van der Waals surface area contributed by atoms with E-state index in [9.17, 15) is 4.79 Å². The lowest BCUT2D eigenvalue weighted by Gasteiger charge is -2.17. The van der Waals surface area contributed by atoms with Gasteiger partial charge in [0, 0.05) is 12.3 Å². The number of hydrogen-bond acceptors (Lipinski definition) is 1. The molecule has 1 heteroatoms. The maximum absolute atomic E-state index is 12.3. The van der Waals surface area contributed by atoms with Crippen LogP contribution >= 0.6 is 0 Å². The number of unbranched alkanes of at least 4 members (excludes halogenated alkanes) is 1. The Morgan fingerprint density at radius 3 is 2.39 bits per heavy atom. The van der Waals surface area contributed by atoms with Crippen LogP contribution in [0.1, 0.15) is 64.4 Å². The number of ketones is 1. The quantitative estimate of drug-likeness (QED) is 0.633. The summed E-state index contributed by atoms with van der Waals surface area (Å²) in [5.74, 6) is 1.01. The highest BCUT2D eigenvalue weighted by Gasteiger charge is 2.18. The molecule has 0 aliphatic heterocycles. The maximum atomic E-state index is 12.3. The molecule has 0 spiro atoms. The van der Waals surface area contributed by atoms with E-state index in [1.807, 2.05) is 25.1 Å². The van der Waals surface area contributed by atoms with Gasteiger partial charge in [0.15, 0.2) is 0 Å². The van der Waals surface area contributed by atoms with Gasteiger partial charge in [-0.25, -0.2) is 0 Å². The van der Waals surface area contributed by atoms with E-state index in [0.717, 1.165) is 18.4 Å². The van der Waals surface area contributed by atoms with Crippen LogP contribution in [0.4, 0.5) is 0 Å². The van der Waals surface area contributed by atoms with Gasteiger partial charge in [-0.2, -0.15) is 0 Å². The number of benzene rings is 1. The van der Waals surface area contributed by atoms with Crippen molar-refractivity contribution >= 4 is 5.78 Å². The minimum absolute atomic E-state index is 0.0434. The zero-order chi connectivity index (χ0) is 13.4. The molecular weight excluding hydrogens is 220 g/mol. The minimum Gasteiger partial charge on any atom is -0.299 e. The predicted octanol–water partition coefficient (Wildman–Crippen LogP) is 4.97. The molecule has 0 aromatic heterocycles. The van der Waals surface area contributed by atoms with Crippen LogP contribution in [0.3, 0.4) is 0 Å². The molecular formula is C17H26O. The van der Waals surface area contributed by atoms with E-state index in [1.54, 1.807) is 0 Å². The van der Waals surface area contributed by atoms with Crippen molar-refractivity contribution in [1.29, 1.82) is 0 Å². The Kier molecular flexibility index (Phi) is 6.70. The monoisotopic (exact) mass is 246 g/mol. The van der Waals surface area contributed by atoms with Gasteiger partial charge in [0.1, 0.15) is 5.78 Å². The Bertz CT molecular complexity index is 342. The van der Waals surface area contributed by atoms with Gasteiger partial charge in [0.05, 0.1) is 0 Å². The smallest absolute Gasteiger partial charge is 0.140 e. The molecule has 0 N–H and O–H groups in total. The fourth-order valence-electron chi connectivity index (χ4n) is 2.33. The first kappa shape index (κ1) is 14.9. The summed E-state index contributed by atoms with van der Waals surface area (Å²) in [5.41, 5.74) is 1.15. The molecule has 1 aromatic rings. The van der Waals surface area contributed by atoms with Gasteiger partial charge in [-0.15, -0.1) is 0 Å². The third-order valence-electron chi connectivity index (χ3n) is 3.82. The molecule has 0 saturated carbocycles. The summed E-state index contributed by atoms with van der Waals surface area (Å²) in [7, 11) is 0. The Morgan fingerprint density at radius 2 is 1.83 bits per heavy atom. The van der Waals surface area contributed by atoms with Crippen LogP contribution in [0.5, 0.6) is 0 Å². The Balaban J connectivity index is 2.53. The third kappa shape index (κ3) is 4.64. The second-order valence-electron chi connectivity index (χ2n) is 5.22. The van der Waals surface area contributed by atoms with E-state index in [4.69, 9.17) is 0 Å². The Morgan fingerprint density at radius 1 is 1.17 bits per heavy atom. The first-order valence-corrected chi connectivity index (χ1v) is 7.26. The van der Waals surface area contributed by atoms with Crippen LogP contribution < -0.4 is 0 Å². The molecule has 1 rings (SSSR count). The lowest BCUT2D eigenvalue weighted by molar-refractivity contribution is -0.121. The summed E-state index contributed by atoms with van der Waals surface area (Å²) >= 11 is 0. The van der Waals surface area contributed by atoms with Gasteiger partial charge >= 0.3 is 0 Å². The van der Waals surface area contributed by atoms with E-state index >= 15 is 0 Å². The third-order valence-corrected chi connectivity index (χ3v) is 3.82. The molecule has 2 unspecified atom stereocenters. The van der Waals surface area contributed by atoms with Crippen LogP contribution in [-0.2, 0) is 4.79 Å². The summed E-state index contributed by atoms with van der Waals surface area (Å²) in [6, 6.07) is 10.1. The van der Waals surface area contributed by atoms with Crippen LogP contribution in [-0.4, -0.2) is 5.78 Å². The summed E-state index contributed by atoms with van der Waals surface area (Å²) in [5, 5.41) is 0. The lowest BCUT2D eigenvalue weighted by atomic mass is 9.87. The molecule has 100 valence electrons. The lowest BCUT2D eigenvalue weighted by Crippen LogP contribution is -2.14. The van der Waals surface area contributed by atoms with Crippen molar-refractivity contribution in [1.82, 2.24) is 0 Å². The summed E-state index contributed by atoms with van der Waals surface area (Å²) in [6.45, 7) is 6.44. The topological polar surface area (TPSA) is 17.1 Å². The zero-order valence-corrected chi connectivity index (χ0v) is 12.0. The second kappa shape index (κ2) is 8.07. The summed E-state index contributed by atoms with van der Waals surface area (Å²) < 4.78 is 0. The van der Waals surface area contributed by atoms with Crippen molar-refractivity contribution < 1.29 is 4.79 Å². The fraction of sp³-hybridized carbons (Fsp3) is 0.588. The minimum atomic E-state index is 0.0434. The van der Waals surface area contributed by atoms with E-state index in [2.05, 4.69) is 26.0 Å². The van der Waals surface area contributed by atoms with E-state index in [0.29, 0.717) is 11.7 Å². The molecule has 0 aliphatic rings. The molecule has 0 aliphatic carbocycles. The van der Waals surface area contributed by atoms with Crippen molar-refractivity contribution in [3.63, 3.8) is 0 Å². The van der Waals surface area contributed by atoms with E-state index in [-0.39, 0.29) is 5.92 Å². The van der Waals surface area contributed by atoms with Crippen LogP contribution in [0.15, 0.2) is 30.3 Å². The predicted molar refractivity (Wildman–Crippen MR) is 77.8 cm³/mol. The van der Waals surface area contributed by atoms with Gasteiger partial charge in [0.2, 0.25) is 0 Å². The number of hydrogen-bond donors (Lipinski definition) is 0. The molecule has 0 heterocycles. The molecule has 18 heavy (non-hydrogen) atoms. The first-order valence-electron chi connectivity index (χ1n) is 7.26. The van der Waals surface area contributed by atoms with Gasteiger partial charge in [-0.05, 0) is 11.5 Å². The van der Waals surface area contributed by atoms with Crippen molar-refractivity contribution in [2.45, 2.75) is 58.8 Å². The molecule has 0 saturated heterocycles. The molecule has 0 fully saturated rings. The summed E-state index contributed by atoms with van der Waals surface area (Å²) in [6.07, 6.45) is 5.52. The highest BCUT2D eigenvalue weighted by Crippen LogP contribution is 2.23. The molecule has 0 amide bonds. The van der Waals surface area contributed by atoms with Crippen LogP contribution in [0.2, 0.25) is 0 Å². The van der Waals surface area contributed by atoms with Gasteiger partial charge in [-0.1, -0.05) is 76.8 Å². The highest BCUT2D eigenvalue weighted by atomic mass is 16.1. The van der Waals surface area contributed by atoms with Crippen molar-refractivity contribution in [3.8, 4) is 0 Å². The maximum Gasteiger partial charge on any atom is 0.140 e. The van der Waals surface area contributed by atoms with E-state index < -0.39 is 0 Å². The standard InChI is InChI=1S/C17H26O/c1-4-6-10-15(5-2)13-17(18)14(3)16-11-8-7-9-12-16/h7-9,11-12,14-15H,4-6,10,13H2,1-3H3. The fourth-order valence-corrected chi connectivity index (χ4v) is 2.33. The normalized spacial score (nSPS) is 14.2. The average molecular weight is 246 g/mol. The summed E-state index contributed by atoms with van der Waals surface area (Å²) in [4.78, 5) is 12.3. The van der Waals surface area contributed by atoms with Crippen LogP contribution in [0, 0.1) is 5.92 Å². The highest BCUT2D eigenvalue weighted by molar-refractivity contribution is 5.85. The van der Waals surface area contributed by atoms with E-state index in [1.165, 1.54) is 19.3 Å². The largest absolute Gasteiger partial charge is 0.299 e. The molecule has 2 atom stereocenters. The van der Waals surface area contributed by atoms with Gasteiger partial charge < -0.3 is 0 Å². The van der Waals surface area contributed by atoms with Gasteiger partial charge in [-0.3, -0.25) is 4.79 Å². The SMILES string of the molecule is CCCCC(CC)CC(=O)C(C)c1ccccc1.